The minimum Gasteiger partial charge on any atom is -0.301 e. The zero-order valence-electron chi connectivity index (χ0n) is 15.6. The molecule has 146 valence electrons. The molecule has 0 unspecified atom stereocenters. The Balaban J connectivity index is 1.66. The van der Waals surface area contributed by atoms with E-state index in [9.17, 15) is 9.59 Å². The number of carbonyl (C=O) groups excluding carboxylic acids is 1. The maximum absolute atomic E-state index is 12.5. The van der Waals surface area contributed by atoms with E-state index in [0.29, 0.717) is 16.0 Å². The molecule has 0 aliphatic rings. The zero-order chi connectivity index (χ0) is 19.9. The first-order valence-electron chi connectivity index (χ1n) is 9.02. The fraction of sp³-hybridized carbons (Fsp3) is 0.316. The van der Waals surface area contributed by atoms with Gasteiger partial charge in [-0.3, -0.25) is 14.9 Å². The van der Waals surface area contributed by atoms with Crippen LogP contribution in [0.3, 0.4) is 0 Å². The van der Waals surface area contributed by atoms with Crippen LogP contribution in [0.25, 0.3) is 11.3 Å². The van der Waals surface area contributed by atoms with Crippen molar-refractivity contribution in [3.05, 3.63) is 51.8 Å². The Morgan fingerprint density at radius 2 is 2.07 bits per heavy atom. The predicted molar refractivity (Wildman–Crippen MR) is 113 cm³/mol. The maximum atomic E-state index is 12.5. The topological polar surface area (TPSA) is 101 Å². The molecule has 9 heteroatoms. The Kier molecular flexibility index (Phi) is 6.94. The first kappa shape index (κ1) is 20.2. The van der Waals surface area contributed by atoms with Crippen LogP contribution in [-0.4, -0.2) is 31.3 Å². The fourth-order valence-electron chi connectivity index (χ4n) is 2.41. The molecule has 0 fully saturated rings. The second kappa shape index (κ2) is 9.61. The van der Waals surface area contributed by atoms with E-state index in [1.165, 1.54) is 29.2 Å². The summed E-state index contributed by atoms with van der Waals surface area (Å²) in [6.45, 7) is 3.88. The summed E-state index contributed by atoms with van der Waals surface area (Å²) in [5.74, 6) is -0.212. The van der Waals surface area contributed by atoms with Crippen molar-refractivity contribution in [2.75, 3.05) is 5.32 Å². The van der Waals surface area contributed by atoms with E-state index >= 15 is 0 Å². The molecular formula is C19H21N5O2S2. The number of hydrogen-bond donors (Lipinski definition) is 2. The number of aryl methyl sites for hydroxylation is 1. The molecule has 1 atom stereocenters. The van der Waals surface area contributed by atoms with Crippen molar-refractivity contribution in [1.29, 1.82) is 0 Å². The Labute approximate surface area is 171 Å². The molecule has 0 radical (unpaired) electrons. The van der Waals surface area contributed by atoms with Gasteiger partial charge in [0.25, 0.3) is 5.56 Å². The van der Waals surface area contributed by atoms with Gasteiger partial charge in [0.2, 0.25) is 11.0 Å². The molecule has 1 aromatic carbocycles. The van der Waals surface area contributed by atoms with E-state index in [-0.39, 0.29) is 11.5 Å². The number of hydrogen-bond acceptors (Lipinski definition) is 7. The number of nitrogens with one attached hydrogen (secondary N) is 2. The minimum absolute atomic E-state index is 0.212. The standard InChI is InChI=1S/C19H21N5O2S2/c1-3-4-10-16-23-24-19(28-16)22-17(26)12(2)27-18-20-14(11-15(25)21-18)13-8-6-5-7-9-13/h5-9,11-12H,3-4,10H2,1-2H3,(H,20,21,25)(H,22,24,26)/t12-/m0/s1. The molecule has 0 spiro atoms. The highest BCUT2D eigenvalue weighted by molar-refractivity contribution is 8.00. The van der Waals surface area contributed by atoms with Crippen molar-refractivity contribution in [3.8, 4) is 11.3 Å². The number of H-pyrrole nitrogens is 1. The van der Waals surface area contributed by atoms with Crippen molar-refractivity contribution in [3.63, 3.8) is 0 Å². The summed E-state index contributed by atoms with van der Waals surface area (Å²) in [5, 5.41) is 12.2. The van der Waals surface area contributed by atoms with Gasteiger partial charge in [-0.05, 0) is 13.3 Å². The highest BCUT2D eigenvalue weighted by atomic mass is 32.2. The van der Waals surface area contributed by atoms with E-state index in [1.807, 2.05) is 30.3 Å². The molecule has 28 heavy (non-hydrogen) atoms. The van der Waals surface area contributed by atoms with Gasteiger partial charge < -0.3 is 4.98 Å². The van der Waals surface area contributed by atoms with Crippen LogP contribution in [0.1, 0.15) is 31.7 Å². The van der Waals surface area contributed by atoms with E-state index in [0.717, 1.165) is 29.8 Å². The number of benzene rings is 1. The second-order valence-corrected chi connectivity index (χ2v) is 8.55. The molecule has 3 rings (SSSR count). The monoisotopic (exact) mass is 415 g/mol. The van der Waals surface area contributed by atoms with Crippen LogP contribution in [0.2, 0.25) is 0 Å². The molecule has 2 aromatic heterocycles. The van der Waals surface area contributed by atoms with Gasteiger partial charge in [0.15, 0.2) is 5.16 Å². The SMILES string of the molecule is CCCCc1nnc(NC(=O)[C@H](C)Sc2nc(-c3ccccc3)cc(=O)[nH]2)s1. The lowest BCUT2D eigenvalue weighted by Crippen LogP contribution is -2.23. The number of nitrogens with zero attached hydrogens (tertiary/aromatic N) is 3. The van der Waals surface area contributed by atoms with Crippen LogP contribution in [0.5, 0.6) is 0 Å². The van der Waals surface area contributed by atoms with E-state index in [2.05, 4.69) is 32.4 Å². The third-order valence-electron chi connectivity index (χ3n) is 3.89. The van der Waals surface area contributed by atoms with Crippen molar-refractivity contribution in [1.82, 2.24) is 20.2 Å². The summed E-state index contributed by atoms with van der Waals surface area (Å²) in [6.07, 6.45) is 3.00. The minimum atomic E-state index is -0.461. The molecule has 1 amide bonds. The predicted octanol–water partition coefficient (Wildman–Crippen LogP) is 3.75. The molecule has 0 saturated heterocycles. The van der Waals surface area contributed by atoms with Gasteiger partial charge >= 0.3 is 0 Å². The van der Waals surface area contributed by atoms with Crippen LogP contribution < -0.4 is 10.9 Å². The molecule has 0 aliphatic heterocycles. The van der Waals surface area contributed by atoms with Gasteiger partial charge in [-0.15, -0.1) is 10.2 Å². The third-order valence-corrected chi connectivity index (χ3v) is 5.77. The summed E-state index contributed by atoms with van der Waals surface area (Å²) in [6, 6.07) is 10.9. The summed E-state index contributed by atoms with van der Waals surface area (Å²) in [5.41, 5.74) is 1.17. The number of rotatable bonds is 8. The van der Waals surface area contributed by atoms with Crippen molar-refractivity contribution in [2.45, 2.75) is 43.5 Å². The first-order valence-corrected chi connectivity index (χ1v) is 10.7. The van der Waals surface area contributed by atoms with Gasteiger partial charge in [-0.1, -0.05) is 66.8 Å². The second-order valence-electron chi connectivity index (χ2n) is 6.16. The van der Waals surface area contributed by atoms with Crippen LogP contribution in [0.15, 0.2) is 46.3 Å². The Hall–Kier alpha value is -2.52. The molecule has 0 aliphatic carbocycles. The van der Waals surface area contributed by atoms with Gasteiger partial charge in [-0.2, -0.15) is 0 Å². The van der Waals surface area contributed by atoms with Crippen LogP contribution in [0.4, 0.5) is 5.13 Å². The average Bonchev–Trinajstić information content (AvgIpc) is 3.13. The smallest absolute Gasteiger partial charge is 0.252 e. The lowest BCUT2D eigenvalue weighted by molar-refractivity contribution is -0.115. The molecule has 0 saturated carbocycles. The van der Waals surface area contributed by atoms with Crippen LogP contribution in [0, 0.1) is 0 Å². The fourth-order valence-corrected chi connectivity index (χ4v) is 4.00. The van der Waals surface area contributed by atoms with Crippen LogP contribution in [-0.2, 0) is 11.2 Å². The molecular weight excluding hydrogens is 394 g/mol. The number of thioether (sulfide) groups is 1. The Morgan fingerprint density at radius 3 is 2.82 bits per heavy atom. The van der Waals surface area contributed by atoms with Crippen LogP contribution >= 0.6 is 23.1 Å². The van der Waals surface area contributed by atoms with Crippen molar-refractivity contribution in [2.24, 2.45) is 0 Å². The summed E-state index contributed by atoms with van der Waals surface area (Å²) in [7, 11) is 0. The van der Waals surface area contributed by atoms with E-state index < -0.39 is 5.25 Å². The highest BCUT2D eigenvalue weighted by Gasteiger charge is 2.18. The van der Waals surface area contributed by atoms with E-state index in [4.69, 9.17) is 0 Å². The van der Waals surface area contributed by atoms with Crippen molar-refractivity contribution >= 4 is 34.1 Å². The average molecular weight is 416 g/mol. The summed E-state index contributed by atoms with van der Waals surface area (Å²) < 4.78 is 0. The number of aromatic amines is 1. The maximum Gasteiger partial charge on any atom is 0.252 e. The summed E-state index contributed by atoms with van der Waals surface area (Å²) in [4.78, 5) is 31.6. The lowest BCUT2D eigenvalue weighted by Gasteiger charge is -2.10. The quantitative estimate of drug-likeness (QED) is 0.429. The molecule has 2 heterocycles. The zero-order valence-corrected chi connectivity index (χ0v) is 17.3. The molecule has 0 bridgehead atoms. The van der Waals surface area contributed by atoms with E-state index in [1.54, 1.807) is 6.92 Å². The normalized spacial score (nSPS) is 11.9. The number of unbranched alkanes of at least 4 members (excludes halogenated alkanes) is 1. The number of amides is 1. The number of aromatic nitrogens is 4. The Morgan fingerprint density at radius 1 is 1.29 bits per heavy atom. The molecule has 2 N–H and O–H groups in total. The van der Waals surface area contributed by atoms with Gasteiger partial charge in [0.05, 0.1) is 10.9 Å². The van der Waals surface area contributed by atoms with Gasteiger partial charge in [0, 0.05) is 18.1 Å². The number of carbonyl (C=O) groups is 1. The first-order chi connectivity index (χ1) is 13.5. The largest absolute Gasteiger partial charge is 0.301 e. The summed E-state index contributed by atoms with van der Waals surface area (Å²) >= 11 is 2.58. The lowest BCUT2D eigenvalue weighted by atomic mass is 10.1. The Bertz CT molecular complexity index is 987. The molecule has 7 nitrogen and oxygen atoms in total. The van der Waals surface area contributed by atoms with Gasteiger partial charge in [0.1, 0.15) is 5.01 Å². The highest BCUT2D eigenvalue weighted by Crippen LogP contribution is 2.24. The number of anilines is 1. The molecule has 3 aromatic rings. The van der Waals surface area contributed by atoms with Gasteiger partial charge in [-0.25, -0.2) is 4.98 Å². The third kappa shape index (κ3) is 5.49. The van der Waals surface area contributed by atoms with Crippen molar-refractivity contribution < 1.29 is 4.79 Å².